The molecule has 3 nitrogen and oxygen atoms in total. The summed E-state index contributed by atoms with van der Waals surface area (Å²) in [6, 6.07) is 13.0. The number of rotatable bonds is 4. The lowest BCUT2D eigenvalue weighted by molar-refractivity contribution is 0.101. The fraction of sp³-hybridized carbons (Fsp3) is 0.188. The number of carbonyl (C=O) groups excluding carboxylic acids is 1. The van der Waals surface area contributed by atoms with E-state index in [0.29, 0.717) is 17.0 Å². The smallest absolute Gasteiger partial charge is 0.162 e. The van der Waals surface area contributed by atoms with Crippen molar-refractivity contribution in [2.75, 3.05) is 5.73 Å². The van der Waals surface area contributed by atoms with Crippen LogP contribution in [-0.2, 0) is 6.42 Å². The molecule has 2 aromatic rings. The van der Waals surface area contributed by atoms with Crippen LogP contribution in [0, 0.1) is 0 Å². The Morgan fingerprint density at radius 1 is 1.11 bits per heavy atom. The molecule has 0 amide bonds. The Kier molecular flexibility index (Phi) is 3.85. The van der Waals surface area contributed by atoms with E-state index in [9.17, 15) is 4.79 Å². The van der Waals surface area contributed by atoms with E-state index in [1.54, 1.807) is 18.2 Å². The van der Waals surface area contributed by atoms with Crippen molar-refractivity contribution in [3.8, 4) is 11.5 Å². The fourth-order valence-electron chi connectivity index (χ4n) is 1.83. The molecule has 0 aliphatic rings. The number of ketones is 1. The molecule has 0 atom stereocenters. The molecular weight excluding hydrogens is 238 g/mol. The van der Waals surface area contributed by atoms with Gasteiger partial charge < -0.3 is 10.5 Å². The predicted octanol–water partition coefficient (Wildman–Crippen LogP) is 3.83. The number of nitrogen functional groups attached to an aromatic ring is 1. The van der Waals surface area contributed by atoms with Crippen LogP contribution in [0.25, 0.3) is 0 Å². The minimum atomic E-state index is -0.0655. The molecule has 0 radical (unpaired) electrons. The van der Waals surface area contributed by atoms with Crippen LogP contribution in [-0.4, -0.2) is 5.78 Å². The lowest BCUT2D eigenvalue weighted by atomic mass is 10.1. The predicted molar refractivity (Wildman–Crippen MR) is 76.8 cm³/mol. The lowest BCUT2D eigenvalue weighted by Gasteiger charge is -2.09. The lowest BCUT2D eigenvalue weighted by Crippen LogP contribution is -1.99. The molecule has 0 unspecified atom stereocenters. The van der Waals surface area contributed by atoms with Gasteiger partial charge in [-0.05, 0) is 49.2 Å². The van der Waals surface area contributed by atoms with Gasteiger partial charge in [-0.1, -0.05) is 19.1 Å². The topological polar surface area (TPSA) is 52.3 Å². The highest BCUT2D eigenvalue weighted by Crippen LogP contribution is 2.25. The molecule has 0 aromatic heterocycles. The highest BCUT2D eigenvalue weighted by Gasteiger charge is 2.07. The zero-order valence-corrected chi connectivity index (χ0v) is 11.1. The van der Waals surface area contributed by atoms with Crippen LogP contribution in [0.5, 0.6) is 11.5 Å². The van der Waals surface area contributed by atoms with Crippen molar-refractivity contribution in [3.05, 3.63) is 53.6 Å². The van der Waals surface area contributed by atoms with E-state index in [0.717, 1.165) is 12.2 Å². The first-order chi connectivity index (χ1) is 9.10. The summed E-state index contributed by atoms with van der Waals surface area (Å²) in [5, 5.41) is 0. The first-order valence-corrected chi connectivity index (χ1v) is 6.27. The highest BCUT2D eigenvalue weighted by molar-refractivity contribution is 5.99. The van der Waals surface area contributed by atoms with Gasteiger partial charge in [-0.25, -0.2) is 0 Å². The number of ether oxygens (including phenoxy) is 1. The second kappa shape index (κ2) is 5.57. The summed E-state index contributed by atoms with van der Waals surface area (Å²) in [6.07, 6.45) is 0.997. The van der Waals surface area contributed by atoms with Gasteiger partial charge in [0.05, 0.1) is 0 Å². The molecule has 2 N–H and O–H groups in total. The Labute approximate surface area is 113 Å². The van der Waals surface area contributed by atoms with Crippen LogP contribution in [0.4, 0.5) is 5.69 Å². The summed E-state index contributed by atoms with van der Waals surface area (Å²) < 4.78 is 5.72. The molecule has 98 valence electrons. The third kappa shape index (κ3) is 3.13. The highest BCUT2D eigenvalue weighted by atomic mass is 16.5. The van der Waals surface area contributed by atoms with Gasteiger partial charge in [0, 0.05) is 11.3 Å². The summed E-state index contributed by atoms with van der Waals surface area (Å²) in [6.45, 7) is 3.60. The van der Waals surface area contributed by atoms with E-state index < -0.39 is 0 Å². The van der Waals surface area contributed by atoms with Crippen LogP contribution in [0.15, 0.2) is 42.5 Å². The van der Waals surface area contributed by atoms with Crippen molar-refractivity contribution >= 4 is 11.5 Å². The minimum Gasteiger partial charge on any atom is -0.457 e. The largest absolute Gasteiger partial charge is 0.457 e. The minimum absolute atomic E-state index is 0.0655. The Bertz CT molecular complexity index is 588. The van der Waals surface area contributed by atoms with E-state index in [-0.39, 0.29) is 5.78 Å². The zero-order chi connectivity index (χ0) is 13.8. The van der Waals surface area contributed by atoms with Gasteiger partial charge in [0.25, 0.3) is 0 Å². The molecule has 19 heavy (non-hydrogen) atoms. The van der Waals surface area contributed by atoms with Crippen molar-refractivity contribution in [2.24, 2.45) is 0 Å². The summed E-state index contributed by atoms with van der Waals surface area (Å²) in [5.41, 5.74) is 7.97. The van der Waals surface area contributed by atoms with Crippen LogP contribution in [0.2, 0.25) is 0 Å². The molecule has 0 spiro atoms. The second-order valence-corrected chi connectivity index (χ2v) is 4.40. The quantitative estimate of drug-likeness (QED) is 0.667. The van der Waals surface area contributed by atoms with E-state index in [1.165, 1.54) is 12.5 Å². The van der Waals surface area contributed by atoms with Gasteiger partial charge in [0.1, 0.15) is 11.5 Å². The van der Waals surface area contributed by atoms with Crippen molar-refractivity contribution in [2.45, 2.75) is 20.3 Å². The normalized spacial score (nSPS) is 10.2. The summed E-state index contributed by atoms with van der Waals surface area (Å²) >= 11 is 0. The number of anilines is 1. The average Bonchev–Trinajstić information content (AvgIpc) is 2.41. The Hall–Kier alpha value is -2.29. The Balaban J connectivity index is 2.22. The van der Waals surface area contributed by atoms with Gasteiger partial charge >= 0.3 is 0 Å². The summed E-state index contributed by atoms with van der Waals surface area (Å²) in [4.78, 5) is 11.4. The molecule has 2 rings (SSSR count). The van der Waals surface area contributed by atoms with E-state index in [2.05, 4.69) is 6.92 Å². The second-order valence-electron chi connectivity index (χ2n) is 4.40. The molecule has 3 heteroatoms. The van der Waals surface area contributed by atoms with Crippen molar-refractivity contribution in [1.29, 1.82) is 0 Å². The third-order valence-corrected chi connectivity index (χ3v) is 2.97. The van der Waals surface area contributed by atoms with Gasteiger partial charge in [0.2, 0.25) is 0 Å². The number of hydrogen-bond donors (Lipinski definition) is 1. The Morgan fingerprint density at radius 3 is 2.32 bits per heavy atom. The Morgan fingerprint density at radius 2 is 1.74 bits per heavy atom. The van der Waals surface area contributed by atoms with Crippen molar-refractivity contribution < 1.29 is 9.53 Å². The number of aryl methyl sites for hydroxylation is 1. The van der Waals surface area contributed by atoms with Crippen molar-refractivity contribution in [1.82, 2.24) is 0 Å². The number of benzene rings is 2. The monoisotopic (exact) mass is 255 g/mol. The first-order valence-electron chi connectivity index (χ1n) is 6.27. The van der Waals surface area contributed by atoms with Gasteiger partial charge in [-0.2, -0.15) is 0 Å². The average molecular weight is 255 g/mol. The van der Waals surface area contributed by atoms with Crippen LogP contribution < -0.4 is 10.5 Å². The number of hydrogen-bond acceptors (Lipinski definition) is 3. The molecule has 0 fully saturated rings. The molecular formula is C16H17NO2. The van der Waals surface area contributed by atoms with E-state index in [1.807, 2.05) is 24.3 Å². The maximum atomic E-state index is 11.4. The standard InChI is InChI=1S/C16H17NO2/c1-3-12-4-6-13(7-5-12)19-14-8-9-16(17)15(10-14)11(2)18/h4-10H,3,17H2,1-2H3. The van der Waals surface area contributed by atoms with Gasteiger partial charge in [0.15, 0.2) is 5.78 Å². The van der Waals surface area contributed by atoms with Crippen LogP contribution in [0.3, 0.4) is 0 Å². The third-order valence-electron chi connectivity index (χ3n) is 2.97. The molecule has 0 aliphatic heterocycles. The van der Waals surface area contributed by atoms with Crippen LogP contribution >= 0.6 is 0 Å². The maximum absolute atomic E-state index is 11.4. The first kappa shape index (κ1) is 13.1. The van der Waals surface area contributed by atoms with Crippen molar-refractivity contribution in [3.63, 3.8) is 0 Å². The molecule has 0 saturated heterocycles. The molecule has 0 bridgehead atoms. The summed E-state index contributed by atoms with van der Waals surface area (Å²) in [7, 11) is 0. The van der Waals surface area contributed by atoms with Gasteiger partial charge in [-0.15, -0.1) is 0 Å². The molecule has 2 aromatic carbocycles. The van der Waals surface area contributed by atoms with Crippen LogP contribution in [0.1, 0.15) is 29.8 Å². The number of Topliss-reactive ketones (excluding diaryl/α,β-unsaturated/α-hetero) is 1. The SMILES string of the molecule is CCc1ccc(Oc2ccc(N)c(C(C)=O)c2)cc1. The maximum Gasteiger partial charge on any atom is 0.162 e. The van der Waals surface area contributed by atoms with E-state index >= 15 is 0 Å². The molecule has 0 aliphatic carbocycles. The summed E-state index contributed by atoms with van der Waals surface area (Å²) in [5.74, 6) is 1.30. The van der Waals surface area contributed by atoms with E-state index in [4.69, 9.17) is 10.5 Å². The zero-order valence-electron chi connectivity index (χ0n) is 11.1. The molecule has 0 saturated carbocycles. The number of nitrogens with two attached hydrogens (primary N) is 1. The fourth-order valence-corrected chi connectivity index (χ4v) is 1.83. The molecule has 0 heterocycles. The van der Waals surface area contributed by atoms with Gasteiger partial charge in [-0.3, -0.25) is 4.79 Å². The number of carbonyl (C=O) groups is 1.